The summed E-state index contributed by atoms with van der Waals surface area (Å²) in [4.78, 5) is 29.1. The van der Waals surface area contributed by atoms with Gasteiger partial charge in [0.15, 0.2) is 0 Å². The lowest BCUT2D eigenvalue weighted by atomic mass is 10.1. The van der Waals surface area contributed by atoms with Gasteiger partial charge in [0, 0.05) is 50.5 Å². The second-order valence-electron chi connectivity index (χ2n) is 8.47. The van der Waals surface area contributed by atoms with E-state index in [2.05, 4.69) is 44.2 Å². The topological polar surface area (TPSA) is 69.1 Å². The second-order valence-corrected chi connectivity index (χ2v) is 8.47. The summed E-state index contributed by atoms with van der Waals surface area (Å²) in [5.74, 6) is 0.973. The number of pyridine rings is 1. The average Bonchev–Trinajstić information content (AvgIpc) is 3.22. The van der Waals surface area contributed by atoms with Crippen LogP contribution >= 0.6 is 0 Å². The van der Waals surface area contributed by atoms with Crippen LogP contribution in [0.3, 0.4) is 0 Å². The van der Waals surface area contributed by atoms with Crippen molar-refractivity contribution in [1.29, 1.82) is 0 Å². The van der Waals surface area contributed by atoms with Crippen LogP contribution in [-0.2, 0) is 6.42 Å². The van der Waals surface area contributed by atoms with Crippen LogP contribution in [0.4, 0.5) is 10.6 Å². The van der Waals surface area contributed by atoms with Crippen LogP contribution in [0.2, 0.25) is 0 Å². The van der Waals surface area contributed by atoms with Crippen LogP contribution in [0.15, 0.2) is 60.8 Å². The minimum absolute atomic E-state index is 0.00544. The molecule has 0 aliphatic carbocycles. The van der Waals surface area contributed by atoms with Crippen molar-refractivity contribution < 1.29 is 9.59 Å². The Morgan fingerprint density at radius 1 is 0.938 bits per heavy atom. The fourth-order valence-corrected chi connectivity index (χ4v) is 4.02. The molecule has 1 aromatic carbocycles. The number of urea groups is 1. The van der Waals surface area contributed by atoms with Crippen molar-refractivity contribution in [1.82, 2.24) is 19.9 Å². The van der Waals surface area contributed by atoms with Gasteiger partial charge in [0.1, 0.15) is 5.82 Å². The molecule has 1 aliphatic heterocycles. The Kier molecular flexibility index (Phi) is 6.63. The summed E-state index contributed by atoms with van der Waals surface area (Å²) >= 11 is 0. The molecule has 0 atom stereocenters. The smallest absolute Gasteiger partial charge is 0.317 e. The molecule has 0 saturated carbocycles. The number of nitrogens with zero attached hydrogens (tertiary/aromatic N) is 3. The van der Waals surface area contributed by atoms with E-state index in [1.807, 2.05) is 55.3 Å². The van der Waals surface area contributed by atoms with Crippen LogP contribution in [0, 0.1) is 0 Å². The minimum Gasteiger partial charge on any atom is -0.354 e. The number of carbonyl (C=O) groups is 2. The lowest BCUT2D eigenvalue weighted by Gasteiger charge is -2.36. The van der Waals surface area contributed by atoms with Gasteiger partial charge in [0.25, 0.3) is 5.91 Å². The molecule has 2 N–H and O–H groups in total. The van der Waals surface area contributed by atoms with Gasteiger partial charge < -0.3 is 24.8 Å². The van der Waals surface area contributed by atoms with Gasteiger partial charge in [0.05, 0.1) is 5.56 Å². The summed E-state index contributed by atoms with van der Waals surface area (Å²) in [7, 11) is 0. The number of aromatic nitrogens is 1. The third-order valence-electron chi connectivity index (χ3n) is 5.74. The van der Waals surface area contributed by atoms with Crippen LogP contribution in [0.1, 0.15) is 29.8 Å². The van der Waals surface area contributed by atoms with Gasteiger partial charge >= 0.3 is 6.03 Å². The largest absolute Gasteiger partial charge is 0.354 e. The zero-order valence-corrected chi connectivity index (χ0v) is 18.8. The van der Waals surface area contributed by atoms with Crippen LogP contribution < -0.4 is 15.5 Å². The van der Waals surface area contributed by atoms with Gasteiger partial charge in [0.2, 0.25) is 0 Å². The Morgan fingerprint density at radius 3 is 2.38 bits per heavy atom. The van der Waals surface area contributed by atoms with E-state index in [4.69, 9.17) is 0 Å². The number of amides is 3. The molecule has 0 radical (unpaired) electrons. The molecule has 3 aromatic rings. The maximum Gasteiger partial charge on any atom is 0.317 e. The van der Waals surface area contributed by atoms with Crippen molar-refractivity contribution in [2.24, 2.45) is 0 Å². The van der Waals surface area contributed by atoms with E-state index in [1.54, 1.807) is 0 Å². The molecule has 168 valence electrons. The molecule has 3 amide bonds. The normalized spacial score (nSPS) is 14.1. The first kappa shape index (κ1) is 21.7. The Hall–Kier alpha value is -3.48. The first-order chi connectivity index (χ1) is 15.5. The number of anilines is 1. The molecular weight excluding hydrogens is 402 g/mol. The summed E-state index contributed by atoms with van der Waals surface area (Å²) in [5.41, 5.74) is 2.89. The molecule has 2 aromatic heterocycles. The van der Waals surface area contributed by atoms with E-state index in [0.717, 1.165) is 30.8 Å². The van der Waals surface area contributed by atoms with Gasteiger partial charge in [-0.3, -0.25) is 4.79 Å². The fourth-order valence-electron chi connectivity index (χ4n) is 4.02. The quantitative estimate of drug-likeness (QED) is 0.628. The molecule has 7 heteroatoms. The van der Waals surface area contributed by atoms with E-state index in [9.17, 15) is 9.59 Å². The number of carbonyl (C=O) groups excluding carboxylic acids is 2. The molecule has 32 heavy (non-hydrogen) atoms. The third kappa shape index (κ3) is 5.04. The molecule has 4 rings (SSSR count). The second kappa shape index (κ2) is 9.77. The predicted octanol–water partition coefficient (Wildman–Crippen LogP) is 3.15. The molecule has 0 bridgehead atoms. The number of hydrogen-bond acceptors (Lipinski definition) is 3. The number of fused-ring (bicyclic) bond motifs is 1. The standard InChI is InChI=1S/C25H31N5O2/c1-19(2)27-25(32)29-16-14-28(15-17-29)23-11-10-22-9-8-21(18-30(22)23)24(31)26-13-12-20-6-4-3-5-7-20/h3-11,18-19H,12-17H2,1-2H3,(H,26,31)(H,27,32). The average molecular weight is 434 g/mol. The lowest BCUT2D eigenvalue weighted by Crippen LogP contribution is -2.53. The van der Waals surface area contributed by atoms with E-state index in [1.165, 1.54) is 5.56 Å². The summed E-state index contributed by atoms with van der Waals surface area (Å²) in [6.45, 7) is 7.39. The number of rotatable bonds is 6. The van der Waals surface area contributed by atoms with Crippen molar-refractivity contribution in [3.05, 3.63) is 71.9 Å². The third-order valence-corrected chi connectivity index (χ3v) is 5.74. The zero-order chi connectivity index (χ0) is 22.5. The van der Waals surface area contributed by atoms with Gasteiger partial charge in [-0.2, -0.15) is 0 Å². The monoisotopic (exact) mass is 433 g/mol. The highest BCUT2D eigenvalue weighted by molar-refractivity contribution is 5.94. The van der Waals surface area contributed by atoms with Crippen LogP contribution in [0.5, 0.6) is 0 Å². The first-order valence-electron chi connectivity index (χ1n) is 11.2. The van der Waals surface area contributed by atoms with Crippen molar-refractivity contribution in [2.75, 3.05) is 37.6 Å². The highest BCUT2D eigenvalue weighted by Crippen LogP contribution is 2.22. The molecule has 3 heterocycles. The van der Waals surface area contributed by atoms with E-state index >= 15 is 0 Å². The van der Waals surface area contributed by atoms with Crippen molar-refractivity contribution in [3.63, 3.8) is 0 Å². The zero-order valence-electron chi connectivity index (χ0n) is 18.8. The fraction of sp³-hybridized carbons (Fsp3) is 0.360. The van der Waals surface area contributed by atoms with Crippen LogP contribution in [0.25, 0.3) is 5.52 Å². The SMILES string of the molecule is CC(C)NC(=O)N1CCN(c2ccc3ccc(C(=O)NCCc4ccccc4)cn23)CC1. The van der Waals surface area contributed by atoms with E-state index < -0.39 is 0 Å². The number of nitrogens with one attached hydrogen (secondary N) is 2. The summed E-state index contributed by atoms with van der Waals surface area (Å²) in [6.07, 6.45) is 2.71. The Morgan fingerprint density at radius 2 is 1.66 bits per heavy atom. The Bertz CT molecular complexity index is 1070. The number of benzene rings is 1. The number of piperazine rings is 1. The predicted molar refractivity (Wildman–Crippen MR) is 127 cm³/mol. The van der Waals surface area contributed by atoms with Gasteiger partial charge in [-0.1, -0.05) is 30.3 Å². The molecular formula is C25H31N5O2. The molecule has 1 saturated heterocycles. The van der Waals surface area contributed by atoms with Gasteiger partial charge in [-0.05, 0) is 50.1 Å². The molecule has 0 spiro atoms. The van der Waals surface area contributed by atoms with E-state index in [0.29, 0.717) is 25.2 Å². The van der Waals surface area contributed by atoms with Gasteiger partial charge in [-0.25, -0.2) is 4.79 Å². The van der Waals surface area contributed by atoms with Crippen molar-refractivity contribution in [3.8, 4) is 0 Å². The van der Waals surface area contributed by atoms with Crippen molar-refractivity contribution >= 4 is 23.3 Å². The summed E-state index contributed by atoms with van der Waals surface area (Å²) in [5, 5.41) is 5.98. The molecule has 1 aliphatic rings. The van der Waals surface area contributed by atoms with E-state index in [-0.39, 0.29) is 18.0 Å². The van der Waals surface area contributed by atoms with Crippen molar-refractivity contribution in [2.45, 2.75) is 26.3 Å². The molecule has 0 unspecified atom stereocenters. The maximum absolute atomic E-state index is 12.7. The first-order valence-corrected chi connectivity index (χ1v) is 11.2. The number of hydrogen-bond donors (Lipinski definition) is 2. The summed E-state index contributed by atoms with van der Waals surface area (Å²) in [6, 6.07) is 18.2. The Labute approximate surface area is 189 Å². The lowest BCUT2D eigenvalue weighted by molar-refractivity contribution is 0.0953. The molecule has 7 nitrogen and oxygen atoms in total. The minimum atomic E-state index is -0.0716. The Balaban J connectivity index is 1.39. The van der Waals surface area contributed by atoms with Gasteiger partial charge in [-0.15, -0.1) is 0 Å². The highest BCUT2D eigenvalue weighted by atomic mass is 16.2. The van der Waals surface area contributed by atoms with Crippen LogP contribution in [-0.4, -0.2) is 60.0 Å². The summed E-state index contributed by atoms with van der Waals surface area (Å²) < 4.78 is 2.07. The highest BCUT2D eigenvalue weighted by Gasteiger charge is 2.23. The maximum atomic E-state index is 12.7. The molecule has 1 fully saturated rings.